The van der Waals surface area contributed by atoms with Gasteiger partial charge in [-0.15, -0.1) is 0 Å². The fourth-order valence-electron chi connectivity index (χ4n) is 2.18. The molecule has 0 radical (unpaired) electrons. The molecule has 96 valence electrons. The normalized spacial score (nSPS) is 14.6. The smallest absolute Gasteiger partial charge is 0.341 e. The number of carbonyl (C=O) groups is 1. The van der Waals surface area contributed by atoms with Gasteiger partial charge in [-0.25, -0.2) is 4.79 Å². The number of oxime groups is 1. The minimum atomic E-state index is -0.537. The van der Waals surface area contributed by atoms with Crippen LogP contribution in [-0.4, -0.2) is 21.4 Å². The van der Waals surface area contributed by atoms with E-state index in [1.165, 1.54) is 4.57 Å². The SMILES string of the molecule is Cn1c(=O)c(C2=NOC(=O)C2)c(O)c2ccccc21. The molecule has 1 aromatic carbocycles. The van der Waals surface area contributed by atoms with E-state index in [-0.39, 0.29) is 23.4 Å². The minimum absolute atomic E-state index is 0.0204. The van der Waals surface area contributed by atoms with E-state index >= 15 is 0 Å². The van der Waals surface area contributed by atoms with Crippen molar-refractivity contribution in [3.05, 3.63) is 40.2 Å². The number of aryl methyl sites for hydroxylation is 1. The van der Waals surface area contributed by atoms with Crippen LogP contribution in [0.4, 0.5) is 0 Å². The summed E-state index contributed by atoms with van der Waals surface area (Å²) in [6.45, 7) is 0. The molecule has 1 N–H and O–H groups in total. The average molecular weight is 258 g/mol. The number of hydrogen-bond acceptors (Lipinski definition) is 5. The first-order valence-corrected chi connectivity index (χ1v) is 5.67. The van der Waals surface area contributed by atoms with Crippen LogP contribution in [0, 0.1) is 0 Å². The Morgan fingerprint density at radius 2 is 2.05 bits per heavy atom. The van der Waals surface area contributed by atoms with E-state index in [4.69, 9.17) is 0 Å². The van der Waals surface area contributed by atoms with Gasteiger partial charge in [0, 0.05) is 12.4 Å². The molecule has 0 bridgehead atoms. The van der Waals surface area contributed by atoms with Gasteiger partial charge in [0.2, 0.25) is 0 Å². The second-order valence-electron chi connectivity index (χ2n) is 4.28. The third-order valence-electron chi connectivity index (χ3n) is 3.13. The third-order valence-corrected chi connectivity index (χ3v) is 3.13. The van der Waals surface area contributed by atoms with E-state index in [0.717, 1.165) is 0 Å². The molecule has 0 amide bonds. The van der Waals surface area contributed by atoms with Crippen LogP contribution in [0.5, 0.6) is 5.75 Å². The summed E-state index contributed by atoms with van der Waals surface area (Å²) in [5, 5.41) is 14.3. The summed E-state index contributed by atoms with van der Waals surface area (Å²) in [4.78, 5) is 27.8. The van der Waals surface area contributed by atoms with Gasteiger partial charge in [0.05, 0.1) is 11.9 Å². The van der Waals surface area contributed by atoms with Crippen LogP contribution < -0.4 is 5.56 Å². The maximum Gasteiger partial charge on any atom is 0.341 e. The van der Waals surface area contributed by atoms with Crippen LogP contribution in [-0.2, 0) is 16.7 Å². The number of hydrogen-bond donors (Lipinski definition) is 1. The molecule has 19 heavy (non-hydrogen) atoms. The summed E-state index contributed by atoms with van der Waals surface area (Å²) in [7, 11) is 1.60. The first kappa shape index (κ1) is 11.5. The highest BCUT2D eigenvalue weighted by molar-refractivity contribution is 6.14. The molecule has 0 aliphatic carbocycles. The molecular formula is C13H10N2O4. The molecule has 1 aliphatic heterocycles. The Bertz CT molecular complexity index is 789. The Morgan fingerprint density at radius 3 is 2.74 bits per heavy atom. The van der Waals surface area contributed by atoms with Crippen molar-refractivity contribution in [1.29, 1.82) is 0 Å². The van der Waals surface area contributed by atoms with Crippen LogP contribution in [0.2, 0.25) is 0 Å². The summed E-state index contributed by atoms with van der Waals surface area (Å²) in [5.41, 5.74) is 0.383. The minimum Gasteiger partial charge on any atom is -0.506 e. The second-order valence-corrected chi connectivity index (χ2v) is 4.28. The number of benzene rings is 1. The largest absolute Gasteiger partial charge is 0.506 e. The van der Waals surface area contributed by atoms with Crippen molar-refractivity contribution >= 4 is 22.6 Å². The van der Waals surface area contributed by atoms with Crippen molar-refractivity contribution in [2.45, 2.75) is 6.42 Å². The highest BCUT2D eigenvalue weighted by Gasteiger charge is 2.26. The Kier molecular flexibility index (Phi) is 2.38. The molecule has 3 rings (SSSR count). The van der Waals surface area contributed by atoms with Crippen molar-refractivity contribution in [1.82, 2.24) is 4.57 Å². The molecule has 0 saturated carbocycles. The number of para-hydroxylation sites is 1. The molecule has 0 unspecified atom stereocenters. The molecule has 6 nitrogen and oxygen atoms in total. The zero-order valence-electron chi connectivity index (χ0n) is 10.1. The first-order chi connectivity index (χ1) is 9.09. The van der Waals surface area contributed by atoms with E-state index in [2.05, 4.69) is 9.99 Å². The van der Waals surface area contributed by atoms with Crippen LogP contribution in [0.15, 0.2) is 34.2 Å². The molecule has 1 aromatic heterocycles. The van der Waals surface area contributed by atoms with Crippen molar-refractivity contribution in [2.24, 2.45) is 12.2 Å². The van der Waals surface area contributed by atoms with Crippen LogP contribution in [0.1, 0.15) is 12.0 Å². The summed E-state index contributed by atoms with van der Waals surface area (Å²) >= 11 is 0. The second kappa shape index (κ2) is 3.94. The maximum atomic E-state index is 12.3. The van der Waals surface area contributed by atoms with E-state index in [9.17, 15) is 14.7 Å². The summed E-state index contributed by atoms with van der Waals surface area (Å²) < 4.78 is 1.41. The maximum absolute atomic E-state index is 12.3. The molecule has 0 fully saturated rings. The van der Waals surface area contributed by atoms with Crippen molar-refractivity contribution in [2.75, 3.05) is 0 Å². The molecule has 0 spiro atoms. The fourth-order valence-corrected chi connectivity index (χ4v) is 2.18. The zero-order valence-corrected chi connectivity index (χ0v) is 10.1. The average Bonchev–Trinajstić information content (AvgIpc) is 2.83. The van der Waals surface area contributed by atoms with Gasteiger partial charge in [-0.3, -0.25) is 4.79 Å². The van der Waals surface area contributed by atoms with Crippen molar-refractivity contribution < 1.29 is 14.7 Å². The summed E-state index contributed by atoms with van der Waals surface area (Å²) in [6.07, 6.45) is -0.110. The number of carbonyl (C=O) groups excluding carboxylic acids is 1. The molecule has 1 aliphatic rings. The van der Waals surface area contributed by atoms with E-state index in [1.54, 1.807) is 31.3 Å². The standard InChI is InChI=1S/C13H10N2O4/c1-15-9-5-3-2-4-7(9)12(17)11(13(15)18)8-6-10(16)19-14-8/h2-5,17H,6H2,1H3. The van der Waals surface area contributed by atoms with Crippen LogP contribution in [0.3, 0.4) is 0 Å². The third kappa shape index (κ3) is 1.61. The van der Waals surface area contributed by atoms with Crippen LogP contribution in [0.25, 0.3) is 10.9 Å². The van der Waals surface area contributed by atoms with Crippen LogP contribution >= 0.6 is 0 Å². The fraction of sp³-hybridized carbons (Fsp3) is 0.154. The number of pyridine rings is 1. The van der Waals surface area contributed by atoms with Gasteiger partial charge in [-0.1, -0.05) is 17.3 Å². The number of nitrogens with zero attached hydrogens (tertiary/aromatic N) is 2. The molecular weight excluding hydrogens is 248 g/mol. The van der Waals surface area contributed by atoms with Gasteiger partial charge < -0.3 is 14.5 Å². The summed E-state index contributed by atoms with van der Waals surface area (Å²) in [6, 6.07) is 6.97. The lowest BCUT2D eigenvalue weighted by molar-refractivity contribution is -0.140. The monoisotopic (exact) mass is 258 g/mol. The number of aromatic hydroxyl groups is 1. The van der Waals surface area contributed by atoms with E-state index < -0.39 is 11.5 Å². The van der Waals surface area contributed by atoms with Gasteiger partial charge in [0.15, 0.2) is 0 Å². The first-order valence-electron chi connectivity index (χ1n) is 5.67. The molecule has 0 atom stereocenters. The predicted molar refractivity (Wildman–Crippen MR) is 68.1 cm³/mol. The van der Waals surface area contributed by atoms with E-state index in [0.29, 0.717) is 10.9 Å². The Labute approximate surface area is 107 Å². The van der Waals surface area contributed by atoms with Gasteiger partial charge in [-0.2, -0.15) is 0 Å². The lowest BCUT2D eigenvalue weighted by Gasteiger charge is -2.10. The Hall–Kier alpha value is -2.63. The number of fused-ring (bicyclic) bond motifs is 1. The highest BCUT2D eigenvalue weighted by atomic mass is 16.7. The van der Waals surface area contributed by atoms with Gasteiger partial charge in [-0.05, 0) is 12.1 Å². The quantitative estimate of drug-likeness (QED) is 0.770. The van der Waals surface area contributed by atoms with Crippen molar-refractivity contribution in [3.8, 4) is 5.75 Å². The predicted octanol–water partition coefficient (Wildman–Crippen LogP) is 0.895. The Morgan fingerprint density at radius 1 is 1.32 bits per heavy atom. The van der Waals surface area contributed by atoms with Gasteiger partial charge in [0.25, 0.3) is 5.56 Å². The molecule has 0 saturated heterocycles. The lowest BCUT2D eigenvalue weighted by atomic mass is 10.0. The van der Waals surface area contributed by atoms with Gasteiger partial charge in [0.1, 0.15) is 17.0 Å². The molecule has 2 heterocycles. The number of aromatic nitrogens is 1. The highest BCUT2D eigenvalue weighted by Crippen LogP contribution is 2.27. The molecule has 6 heteroatoms. The number of rotatable bonds is 1. The zero-order chi connectivity index (χ0) is 13.6. The molecule has 2 aromatic rings. The van der Waals surface area contributed by atoms with E-state index in [1.807, 2.05) is 0 Å². The lowest BCUT2D eigenvalue weighted by Crippen LogP contribution is -2.25. The van der Waals surface area contributed by atoms with Gasteiger partial charge >= 0.3 is 5.97 Å². The Balaban J connectivity index is 2.37. The summed E-state index contributed by atoms with van der Waals surface area (Å²) in [5.74, 6) is -0.708. The van der Waals surface area contributed by atoms with Crippen molar-refractivity contribution in [3.63, 3.8) is 0 Å². The topological polar surface area (TPSA) is 80.9 Å².